The van der Waals surface area contributed by atoms with Crippen molar-refractivity contribution in [3.8, 4) is 11.3 Å². The molecule has 0 saturated carbocycles. The Morgan fingerprint density at radius 3 is 2.63 bits per heavy atom. The summed E-state index contributed by atoms with van der Waals surface area (Å²) in [5.74, 6) is -0.559. The van der Waals surface area contributed by atoms with Crippen LogP contribution in [0.4, 0.5) is 4.39 Å². The average molecular weight is 388 g/mol. The predicted molar refractivity (Wildman–Crippen MR) is 102 cm³/mol. The van der Waals surface area contributed by atoms with Gasteiger partial charge in [-0.1, -0.05) is 41.1 Å². The van der Waals surface area contributed by atoms with Crippen molar-refractivity contribution in [2.24, 2.45) is 12.8 Å². The minimum atomic E-state index is -0.312. The second-order valence-corrected chi connectivity index (χ2v) is 6.53. The molecule has 0 aliphatic heterocycles. The Balaban J connectivity index is 1.69. The number of benzene rings is 2. The molecule has 1 heterocycles. The smallest absolute Gasteiger partial charge is 0.251 e. The molecule has 6 nitrogen and oxygen atoms in total. The Hall–Kier alpha value is -2.77. The van der Waals surface area contributed by atoms with Crippen LogP contribution in [-0.4, -0.2) is 33.5 Å². The van der Waals surface area contributed by atoms with Gasteiger partial charge in [-0.05, 0) is 36.2 Å². The van der Waals surface area contributed by atoms with Crippen LogP contribution in [0.5, 0.6) is 0 Å². The molecule has 0 unspecified atom stereocenters. The second kappa shape index (κ2) is 8.28. The molecule has 1 atom stereocenters. The van der Waals surface area contributed by atoms with E-state index in [1.54, 1.807) is 48.1 Å². The highest BCUT2D eigenvalue weighted by atomic mass is 35.5. The number of hydrogen-bond acceptors (Lipinski definition) is 4. The normalized spacial score (nSPS) is 12.0. The summed E-state index contributed by atoms with van der Waals surface area (Å²) in [5, 5.41) is 10.9. The van der Waals surface area contributed by atoms with Crippen LogP contribution in [0.3, 0.4) is 0 Å². The van der Waals surface area contributed by atoms with E-state index in [1.807, 2.05) is 0 Å². The molecule has 0 saturated heterocycles. The first kappa shape index (κ1) is 19.0. The van der Waals surface area contributed by atoms with Gasteiger partial charge < -0.3 is 11.1 Å². The Bertz CT molecular complexity index is 922. The first-order valence-corrected chi connectivity index (χ1v) is 8.76. The third-order valence-corrected chi connectivity index (χ3v) is 4.45. The van der Waals surface area contributed by atoms with Crippen LogP contribution in [0, 0.1) is 5.82 Å². The van der Waals surface area contributed by atoms with Crippen LogP contribution in [0.25, 0.3) is 11.3 Å². The first-order chi connectivity index (χ1) is 13.0. The predicted octanol–water partition coefficient (Wildman–Crippen LogP) is 2.57. The molecule has 1 aromatic heterocycles. The summed E-state index contributed by atoms with van der Waals surface area (Å²) in [6, 6.07) is 12.9. The lowest BCUT2D eigenvalue weighted by Crippen LogP contribution is -2.41. The number of nitrogens with zero attached hydrogens (tertiary/aromatic N) is 3. The van der Waals surface area contributed by atoms with Gasteiger partial charge in [0.15, 0.2) is 5.15 Å². The van der Waals surface area contributed by atoms with Crippen LogP contribution >= 0.6 is 11.6 Å². The highest BCUT2D eigenvalue weighted by molar-refractivity contribution is 6.31. The summed E-state index contributed by atoms with van der Waals surface area (Å²) in [5.41, 5.74) is 8.51. The third-order valence-electron chi connectivity index (χ3n) is 4.20. The van der Waals surface area contributed by atoms with E-state index < -0.39 is 0 Å². The zero-order valence-electron chi connectivity index (χ0n) is 14.7. The summed E-state index contributed by atoms with van der Waals surface area (Å²) in [4.78, 5) is 12.5. The second-order valence-electron chi connectivity index (χ2n) is 6.17. The third kappa shape index (κ3) is 4.50. The van der Waals surface area contributed by atoms with Gasteiger partial charge in [-0.2, -0.15) is 0 Å². The number of nitrogens with one attached hydrogen (secondary N) is 1. The fourth-order valence-corrected chi connectivity index (χ4v) is 3.09. The van der Waals surface area contributed by atoms with Crippen molar-refractivity contribution in [1.29, 1.82) is 0 Å². The largest absolute Gasteiger partial charge is 0.348 e. The molecular formula is C19H19ClFN5O. The highest BCUT2D eigenvalue weighted by Gasteiger charge is 2.15. The molecule has 140 valence electrons. The van der Waals surface area contributed by atoms with Crippen LogP contribution in [0.2, 0.25) is 5.15 Å². The summed E-state index contributed by atoms with van der Waals surface area (Å²) in [6.45, 7) is 0.247. The molecule has 0 bridgehead atoms. The molecule has 1 amide bonds. The zero-order valence-corrected chi connectivity index (χ0v) is 15.4. The van der Waals surface area contributed by atoms with E-state index in [2.05, 4.69) is 15.6 Å². The average Bonchev–Trinajstić information content (AvgIpc) is 2.99. The fourth-order valence-electron chi connectivity index (χ4n) is 2.83. The van der Waals surface area contributed by atoms with E-state index in [4.69, 9.17) is 17.3 Å². The standard InChI is InChI=1S/C19H19ClFN5O/c1-26-17(18(20)24-25-26)13-5-7-14(8-6-13)19(27)23-16(11-22)10-12-3-2-4-15(21)9-12/h2-9,16H,10-11,22H2,1H3,(H,23,27)/t16-/m1/s1. The molecule has 0 spiro atoms. The first-order valence-electron chi connectivity index (χ1n) is 8.39. The van der Waals surface area contributed by atoms with E-state index >= 15 is 0 Å². The highest BCUT2D eigenvalue weighted by Crippen LogP contribution is 2.25. The monoisotopic (exact) mass is 387 g/mol. The van der Waals surface area contributed by atoms with Gasteiger partial charge >= 0.3 is 0 Å². The number of halogens is 2. The minimum absolute atomic E-state index is 0.247. The van der Waals surface area contributed by atoms with E-state index in [1.165, 1.54) is 12.1 Å². The number of aryl methyl sites for hydroxylation is 1. The van der Waals surface area contributed by atoms with Crippen molar-refractivity contribution in [3.63, 3.8) is 0 Å². The van der Waals surface area contributed by atoms with Gasteiger partial charge in [0, 0.05) is 30.8 Å². The molecule has 0 aliphatic carbocycles. The van der Waals surface area contributed by atoms with Crippen LogP contribution in [-0.2, 0) is 13.5 Å². The van der Waals surface area contributed by atoms with Gasteiger partial charge in [0.2, 0.25) is 0 Å². The number of aromatic nitrogens is 3. The lowest BCUT2D eigenvalue weighted by Gasteiger charge is -2.17. The molecule has 3 rings (SSSR count). The van der Waals surface area contributed by atoms with Crippen LogP contribution in [0.15, 0.2) is 48.5 Å². The Morgan fingerprint density at radius 1 is 1.30 bits per heavy atom. The van der Waals surface area contributed by atoms with E-state index in [0.29, 0.717) is 22.8 Å². The van der Waals surface area contributed by atoms with Gasteiger partial charge in [0.25, 0.3) is 5.91 Å². The van der Waals surface area contributed by atoms with Crippen molar-refractivity contribution in [2.45, 2.75) is 12.5 Å². The molecule has 0 aliphatic rings. The van der Waals surface area contributed by atoms with E-state index in [-0.39, 0.29) is 24.3 Å². The molecule has 2 aromatic carbocycles. The van der Waals surface area contributed by atoms with Crippen molar-refractivity contribution in [1.82, 2.24) is 20.3 Å². The maximum atomic E-state index is 13.3. The summed E-state index contributed by atoms with van der Waals surface area (Å²) < 4.78 is 14.9. The van der Waals surface area contributed by atoms with E-state index in [0.717, 1.165) is 11.1 Å². The zero-order chi connectivity index (χ0) is 19.4. The Labute approximate surface area is 161 Å². The minimum Gasteiger partial charge on any atom is -0.348 e. The molecule has 3 aromatic rings. The number of carbonyl (C=O) groups is 1. The lowest BCUT2D eigenvalue weighted by atomic mass is 10.0. The lowest BCUT2D eigenvalue weighted by molar-refractivity contribution is 0.0938. The number of rotatable bonds is 6. The topological polar surface area (TPSA) is 85.8 Å². The van der Waals surface area contributed by atoms with Crippen molar-refractivity contribution in [3.05, 3.63) is 70.6 Å². The van der Waals surface area contributed by atoms with Gasteiger partial charge in [0.1, 0.15) is 11.5 Å². The van der Waals surface area contributed by atoms with Crippen molar-refractivity contribution in [2.75, 3.05) is 6.54 Å². The van der Waals surface area contributed by atoms with Crippen molar-refractivity contribution < 1.29 is 9.18 Å². The maximum absolute atomic E-state index is 13.3. The van der Waals surface area contributed by atoms with E-state index in [9.17, 15) is 9.18 Å². The molecule has 0 radical (unpaired) electrons. The van der Waals surface area contributed by atoms with Gasteiger partial charge in [-0.3, -0.25) is 4.79 Å². The number of amides is 1. The molecule has 3 N–H and O–H groups in total. The SMILES string of the molecule is Cn1nnc(Cl)c1-c1ccc(C(=O)N[C@@H](CN)Cc2cccc(F)c2)cc1. The Kier molecular flexibility index (Phi) is 5.83. The van der Waals surface area contributed by atoms with Gasteiger partial charge in [-0.25, -0.2) is 9.07 Å². The molecule has 0 fully saturated rings. The van der Waals surface area contributed by atoms with Gasteiger partial charge in [0.05, 0.1) is 0 Å². The van der Waals surface area contributed by atoms with Crippen molar-refractivity contribution >= 4 is 17.5 Å². The molecular weight excluding hydrogens is 369 g/mol. The maximum Gasteiger partial charge on any atom is 0.251 e. The van der Waals surface area contributed by atoms with Gasteiger partial charge in [-0.15, -0.1) is 5.10 Å². The summed E-state index contributed by atoms with van der Waals surface area (Å²) in [7, 11) is 1.74. The van der Waals surface area contributed by atoms with Crippen LogP contribution in [0.1, 0.15) is 15.9 Å². The summed E-state index contributed by atoms with van der Waals surface area (Å²) >= 11 is 6.04. The molecule has 8 heteroatoms. The van der Waals surface area contributed by atoms with Crippen LogP contribution < -0.4 is 11.1 Å². The quantitative estimate of drug-likeness (QED) is 0.680. The number of hydrogen-bond donors (Lipinski definition) is 2. The molecule has 27 heavy (non-hydrogen) atoms. The Morgan fingerprint density at radius 2 is 2.04 bits per heavy atom. The summed E-state index contributed by atoms with van der Waals surface area (Å²) in [6.07, 6.45) is 0.453. The fraction of sp³-hybridized carbons (Fsp3) is 0.211. The number of nitrogens with two attached hydrogens (primary N) is 1. The number of carbonyl (C=O) groups excluding carboxylic acids is 1.